The molecular weight excluding hydrogens is 509 g/mol. The summed E-state index contributed by atoms with van der Waals surface area (Å²) in [6, 6.07) is 7.78. The number of benzene rings is 1. The number of rotatable bonds is 7. The minimum Gasteiger partial charge on any atom is -0.384 e. The number of halogens is 3. The molecule has 194 valence electrons. The fourth-order valence-corrected chi connectivity index (χ4v) is 5.45. The normalized spacial score (nSPS) is 23.7. The predicted octanol–water partition coefficient (Wildman–Crippen LogP) is 4.12. The van der Waals surface area contributed by atoms with E-state index >= 15 is 0 Å². The number of carbonyl (C=O) groups is 1. The zero-order chi connectivity index (χ0) is 23.8. The summed E-state index contributed by atoms with van der Waals surface area (Å²) in [7, 11) is 0. The van der Waals surface area contributed by atoms with E-state index < -0.39 is 5.60 Å². The molecule has 0 bridgehead atoms. The second kappa shape index (κ2) is 12.2. The second-order valence-corrected chi connectivity index (χ2v) is 10.3. The number of hydrogen-bond donors (Lipinski definition) is 2. The molecule has 1 saturated heterocycles. The lowest BCUT2D eigenvalue weighted by Crippen LogP contribution is -2.58. The molecule has 0 spiro atoms. The van der Waals surface area contributed by atoms with Gasteiger partial charge in [0, 0.05) is 42.8 Å². The van der Waals surface area contributed by atoms with Gasteiger partial charge in [0.15, 0.2) is 0 Å². The van der Waals surface area contributed by atoms with Crippen LogP contribution in [0.3, 0.4) is 0 Å². The van der Waals surface area contributed by atoms with Crippen LogP contribution in [0.4, 0.5) is 5.82 Å². The standard InChI is InChI=1S/C25H34ClN5O2.2ClH/c1-16(2)29-23(20(14-32)18-5-7-19(26)8-6-18)30-9-11-31(12-10-30)24-21-17(3)13-25(4,33)22(21)27-15-28-24;;/h5-8,14-17,20,23,29,33H,9-13H2,1-4H3;2*1H/t17-,20?,23?,25?;;/m1../s1. The molecule has 7 nitrogen and oxygen atoms in total. The molecule has 1 fully saturated rings. The van der Waals surface area contributed by atoms with Crippen LogP contribution in [0.15, 0.2) is 30.6 Å². The van der Waals surface area contributed by atoms with Crippen molar-refractivity contribution in [3.63, 3.8) is 0 Å². The molecule has 1 aliphatic carbocycles. The Morgan fingerprint density at radius 2 is 1.77 bits per heavy atom. The molecule has 10 heteroatoms. The Kier molecular flexibility index (Phi) is 10.3. The van der Waals surface area contributed by atoms with Gasteiger partial charge in [-0.15, -0.1) is 24.8 Å². The number of aldehydes is 1. The predicted molar refractivity (Wildman–Crippen MR) is 145 cm³/mol. The number of hydrogen-bond acceptors (Lipinski definition) is 7. The Morgan fingerprint density at radius 3 is 2.34 bits per heavy atom. The highest BCUT2D eigenvalue weighted by Crippen LogP contribution is 2.46. The van der Waals surface area contributed by atoms with Gasteiger partial charge in [-0.05, 0) is 50.8 Å². The molecule has 1 aromatic carbocycles. The van der Waals surface area contributed by atoms with Crippen molar-refractivity contribution >= 4 is 48.5 Å². The lowest BCUT2D eigenvalue weighted by atomic mass is 9.95. The van der Waals surface area contributed by atoms with Crippen LogP contribution < -0.4 is 10.2 Å². The van der Waals surface area contributed by atoms with Crippen molar-refractivity contribution in [3.05, 3.63) is 52.4 Å². The van der Waals surface area contributed by atoms with Gasteiger partial charge in [0.1, 0.15) is 24.0 Å². The first-order valence-corrected chi connectivity index (χ1v) is 12.1. The topological polar surface area (TPSA) is 81.6 Å². The first kappa shape index (κ1) is 29.7. The van der Waals surface area contributed by atoms with Gasteiger partial charge in [0.25, 0.3) is 0 Å². The molecule has 2 aliphatic rings. The van der Waals surface area contributed by atoms with Crippen molar-refractivity contribution < 1.29 is 9.90 Å². The van der Waals surface area contributed by atoms with Gasteiger partial charge in [-0.2, -0.15) is 0 Å². The van der Waals surface area contributed by atoms with Gasteiger partial charge in [0.05, 0.1) is 17.8 Å². The highest BCUT2D eigenvalue weighted by molar-refractivity contribution is 6.30. The minimum atomic E-state index is -0.906. The van der Waals surface area contributed by atoms with Gasteiger partial charge in [-0.1, -0.05) is 30.7 Å². The van der Waals surface area contributed by atoms with E-state index in [0.717, 1.165) is 55.1 Å². The maximum Gasteiger partial charge on any atom is 0.135 e. The van der Waals surface area contributed by atoms with Crippen molar-refractivity contribution in [3.8, 4) is 0 Å². The quantitative estimate of drug-likeness (QED) is 0.508. The summed E-state index contributed by atoms with van der Waals surface area (Å²) in [6.45, 7) is 11.4. The maximum absolute atomic E-state index is 12.2. The SMILES string of the molecule is CC(C)NC(C(C=O)c1ccc(Cl)cc1)N1CCN(c2ncnc3c2[C@H](C)CC3(C)O)CC1.Cl.Cl. The van der Waals surface area contributed by atoms with Crippen LogP contribution in [0, 0.1) is 0 Å². The summed E-state index contributed by atoms with van der Waals surface area (Å²) in [6.07, 6.45) is 3.16. The summed E-state index contributed by atoms with van der Waals surface area (Å²) in [5.41, 5.74) is 1.88. The third-order valence-electron chi connectivity index (χ3n) is 6.82. The molecular formula is C25H36Cl3N5O2. The number of carbonyl (C=O) groups excluding carboxylic acids is 1. The number of nitrogens with zero attached hydrogens (tertiary/aromatic N) is 4. The van der Waals surface area contributed by atoms with Crippen molar-refractivity contribution in [2.45, 2.75) is 63.8 Å². The van der Waals surface area contributed by atoms with E-state index in [-0.39, 0.29) is 48.9 Å². The number of aliphatic hydroxyl groups is 1. The van der Waals surface area contributed by atoms with Gasteiger partial charge >= 0.3 is 0 Å². The Morgan fingerprint density at radius 1 is 1.14 bits per heavy atom. The largest absolute Gasteiger partial charge is 0.384 e. The first-order valence-electron chi connectivity index (χ1n) is 11.7. The van der Waals surface area contributed by atoms with Crippen LogP contribution >= 0.6 is 36.4 Å². The maximum atomic E-state index is 12.2. The number of aromatic nitrogens is 2. The van der Waals surface area contributed by atoms with E-state index in [9.17, 15) is 9.90 Å². The van der Waals surface area contributed by atoms with E-state index in [1.54, 1.807) is 6.33 Å². The molecule has 0 amide bonds. The van der Waals surface area contributed by atoms with Crippen LogP contribution in [-0.4, -0.2) is 64.6 Å². The van der Waals surface area contributed by atoms with Crippen LogP contribution in [-0.2, 0) is 10.4 Å². The highest BCUT2D eigenvalue weighted by atomic mass is 35.5. The number of piperazine rings is 1. The lowest BCUT2D eigenvalue weighted by molar-refractivity contribution is -0.111. The Balaban J connectivity index is 0.00000216. The number of nitrogens with one attached hydrogen (secondary N) is 1. The zero-order valence-electron chi connectivity index (χ0n) is 20.6. The molecule has 4 atom stereocenters. The van der Waals surface area contributed by atoms with Crippen LogP contribution in [0.2, 0.25) is 5.02 Å². The summed E-state index contributed by atoms with van der Waals surface area (Å²) in [5, 5.41) is 15.1. The molecule has 3 unspecified atom stereocenters. The monoisotopic (exact) mass is 543 g/mol. The summed E-state index contributed by atoms with van der Waals surface area (Å²) < 4.78 is 0. The fourth-order valence-electron chi connectivity index (χ4n) is 5.33. The molecule has 2 heterocycles. The van der Waals surface area contributed by atoms with Crippen molar-refractivity contribution in [2.75, 3.05) is 31.1 Å². The van der Waals surface area contributed by atoms with E-state index in [0.29, 0.717) is 11.4 Å². The highest BCUT2D eigenvalue weighted by Gasteiger charge is 2.41. The smallest absolute Gasteiger partial charge is 0.135 e. The lowest BCUT2D eigenvalue weighted by Gasteiger charge is -2.43. The minimum absolute atomic E-state index is 0. The molecule has 2 aromatic rings. The second-order valence-electron chi connectivity index (χ2n) is 9.84. The third kappa shape index (κ3) is 6.27. The molecule has 0 radical (unpaired) electrons. The summed E-state index contributed by atoms with van der Waals surface area (Å²) >= 11 is 6.07. The Bertz CT molecular complexity index is 982. The number of fused-ring (bicyclic) bond motifs is 1. The van der Waals surface area contributed by atoms with Gasteiger partial charge in [-0.25, -0.2) is 9.97 Å². The molecule has 1 aliphatic heterocycles. The average Bonchev–Trinajstić information content (AvgIpc) is 3.03. The van der Waals surface area contributed by atoms with Gasteiger partial charge < -0.3 is 14.8 Å². The molecule has 1 aromatic heterocycles. The molecule has 0 saturated carbocycles. The summed E-state index contributed by atoms with van der Waals surface area (Å²) in [5.74, 6) is 0.849. The number of anilines is 1. The van der Waals surface area contributed by atoms with Crippen LogP contribution in [0.25, 0.3) is 0 Å². The zero-order valence-corrected chi connectivity index (χ0v) is 23.0. The van der Waals surface area contributed by atoms with Crippen LogP contribution in [0.5, 0.6) is 0 Å². The summed E-state index contributed by atoms with van der Waals surface area (Å²) in [4.78, 5) is 25.9. The van der Waals surface area contributed by atoms with Crippen molar-refractivity contribution in [2.24, 2.45) is 0 Å². The van der Waals surface area contributed by atoms with E-state index in [4.69, 9.17) is 11.6 Å². The third-order valence-corrected chi connectivity index (χ3v) is 7.07. The van der Waals surface area contributed by atoms with Crippen molar-refractivity contribution in [1.29, 1.82) is 0 Å². The Labute approximate surface area is 225 Å². The average molecular weight is 545 g/mol. The van der Waals surface area contributed by atoms with Crippen LogP contribution in [0.1, 0.15) is 62.8 Å². The van der Waals surface area contributed by atoms with E-state index in [2.05, 4.69) is 45.9 Å². The van der Waals surface area contributed by atoms with E-state index in [1.165, 1.54) is 0 Å². The molecule has 4 rings (SSSR count). The fraction of sp³-hybridized carbons (Fsp3) is 0.560. The van der Waals surface area contributed by atoms with Gasteiger partial charge in [0.2, 0.25) is 0 Å². The van der Waals surface area contributed by atoms with Gasteiger partial charge in [-0.3, -0.25) is 10.2 Å². The Hall–Kier alpha value is -1.48. The van der Waals surface area contributed by atoms with E-state index in [1.807, 2.05) is 31.2 Å². The molecule has 2 N–H and O–H groups in total. The first-order chi connectivity index (χ1) is 15.7. The van der Waals surface area contributed by atoms with Crippen molar-refractivity contribution in [1.82, 2.24) is 20.2 Å². The molecule has 35 heavy (non-hydrogen) atoms.